The molecule has 20 heavy (non-hydrogen) atoms. The minimum Gasteiger partial charge on any atom is -0.331 e. The molecule has 0 aliphatic carbocycles. The topological polar surface area (TPSA) is 61.7 Å². The molecule has 5 nitrogen and oxygen atoms in total. The van der Waals surface area contributed by atoms with Crippen molar-refractivity contribution in [2.45, 2.75) is 58.7 Å². The Morgan fingerprint density at radius 2 is 2.00 bits per heavy atom. The van der Waals surface area contributed by atoms with E-state index in [1.807, 2.05) is 13.3 Å². The van der Waals surface area contributed by atoms with Gasteiger partial charge in [-0.25, -0.2) is 4.98 Å². The number of aromatic nitrogens is 4. The standard InChI is InChI=1S/C15H25N5/c1-4-15(5-2)20-7-6-13(18-20)9-19-10-14(17-11-19)8-12(3)16/h6-7,10-12,15H,4-5,8-9,16H2,1-3H3. The second kappa shape index (κ2) is 6.70. The molecule has 0 radical (unpaired) electrons. The van der Waals surface area contributed by atoms with E-state index < -0.39 is 0 Å². The molecule has 2 rings (SSSR count). The van der Waals surface area contributed by atoms with E-state index in [9.17, 15) is 0 Å². The highest BCUT2D eigenvalue weighted by Crippen LogP contribution is 2.15. The molecule has 0 spiro atoms. The summed E-state index contributed by atoms with van der Waals surface area (Å²) in [5, 5.41) is 4.66. The average molecular weight is 275 g/mol. The molecule has 0 amide bonds. The van der Waals surface area contributed by atoms with Gasteiger partial charge in [0.05, 0.1) is 30.3 Å². The molecule has 0 saturated carbocycles. The van der Waals surface area contributed by atoms with Crippen LogP contribution in [0.5, 0.6) is 0 Å². The summed E-state index contributed by atoms with van der Waals surface area (Å²) in [4.78, 5) is 4.38. The molecule has 5 heteroatoms. The number of hydrogen-bond donors (Lipinski definition) is 1. The van der Waals surface area contributed by atoms with Gasteiger partial charge in [0.15, 0.2) is 0 Å². The van der Waals surface area contributed by atoms with Crippen LogP contribution in [0.15, 0.2) is 24.8 Å². The van der Waals surface area contributed by atoms with Crippen LogP contribution in [-0.4, -0.2) is 25.4 Å². The van der Waals surface area contributed by atoms with Gasteiger partial charge in [0, 0.05) is 24.9 Å². The van der Waals surface area contributed by atoms with E-state index in [0.717, 1.165) is 37.2 Å². The van der Waals surface area contributed by atoms with Crippen molar-refractivity contribution in [1.82, 2.24) is 19.3 Å². The van der Waals surface area contributed by atoms with E-state index in [4.69, 9.17) is 5.73 Å². The van der Waals surface area contributed by atoms with Gasteiger partial charge in [0.2, 0.25) is 0 Å². The Kier molecular flexibility index (Phi) is 4.95. The van der Waals surface area contributed by atoms with Crippen LogP contribution in [0.4, 0.5) is 0 Å². The third kappa shape index (κ3) is 3.70. The normalized spacial score (nSPS) is 13.1. The van der Waals surface area contributed by atoms with Gasteiger partial charge in [0.25, 0.3) is 0 Å². The molecular formula is C15H25N5. The smallest absolute Gasteiger partial charge is 0.0953 e. The highest BCUT2D eigenvalue weighted by Gasteiger charge is 2.08. The second-order valence-corrected chi connectivity index (χ2v) is 5.48. The molecule has 0 bridgehead atoms. The van der Waals surface area contributed by atoms with Crippen molar-refractivity contribution >= 4 is 0 Å². The number of nitrogens with two attached hydrogens (primary N) is 1. The molecular weight excluding hydrogens is 250 g/mol. The molecule has 2 N–H and O–H groups in total. The fourth-order valence-electron chi connectivity index (χ4n) is 2.44. The number of rotatable bonds is 7. The first-order chi connectivity index (χ1) is 9.62. The first-order valence-electron chi connectivity index (χ1n) is 7.42. The number of hydrogen-bond acceptors (Lipinski definition) is 3. The van der Waals surface area contributed by atoms with Gasteiger partial charge in [-0.15, -0.1) is 0 Å². The summed E-state index contributed by atoms with van der Waals surface area (Å²) in [5.41, 5.74) is 7.90. The Morgan fingerprint density at radius 3 is 2.65 bits per heavy atom. The molecule has 2 aromatic heterocycles. The van der Waals surface area contributed by atoms with Crippen LogP contribution in [0.25, 0.3) is 0 Å². The van der Waals surface area contributed by atoms with Crippen molar-refractivity contribution in [2.24, 2.45) is 5.73 Å². The van der Waals surface area contributed by atoms with Crippen molar-refractivity contribution in [3.8, 4) is 0 Å². The summed E-state index contributed by atoms with van der Waals surface area (Å²) in [5.74, 6) is 0. The van der Waals surface area contributed by atoms with Crippen LogP contribution in [-0.2, 0) is 13.0 Å². The van der Waals surface area contributed by atoms with Crippen LogP contribution >= 0.6 is 0 Å². The Balaban J connectivity index is 2.01. The molecule has 2 heterocycles. The molecule has 2 aromatic rings. The van der Waals surface area contributed by atoms with E-state index in [1.54, 1.807) is 0 Å². The van der Waals surface area contributed by atoms with E-state index in [0.29, 0.717) is 6.04 Å². The maximum atomic E-state index is 5.79. The zero-order valence-electron chi connectivity index (χ0n) is 12.7. The van der Waals surface area contributed by atoms with Crippen LogP contribution in [0.1, 0.15) is 51.0 Å². The lowest BCUT2D eigenvalue weighted by Gasteiger charge is -2.12. The minimum atomic E-state index is 0.146. The highest BCUT2D eigenvalue weighted by atomic mass is 15.3. The summed E-state index contributed by atoms with van der Waals surface area (Å²) in [6.07, 6.45) is 9.03. The summed E-state index contributed by atoms with van der Waals surface area (Å²) in [7, 11) is 0. The zero-order chi connectivity index (χ0) is 14.5. The van der Waals surface area contributed by atoms with E-state index in [1.165, 1.54) is 0 Å². The van der Waals surface area contributed by atoms with Gasteiger partial charge in [-0.1, -0.05) is 13.8 Å². The molecule has 110 valence electrons. The van der Waals surface area contributed by atoms with Gasteiger partial charge >= 0.3 is 0 Å². The molecule has 0 saturated heterocycles. The largest absolute Gasteiger partial charge is 0.331 e. The molecule has 1 unspecified atom stereocenters. The predicted molar refractivity (Wildman–Crippen MR) is 80.5 cm³/mol. The number of imidazole rings is 1. The molecule has 1 atom stereocenters. The predicted octanol–water partition coefficient (Wildman–Crippen LogP) is 2.38. The lowest BCUT2D eigenvalue weighted by molar-refractivity contribution is 0.424. The Morgan fingerprint density at radius 1 is 1.25 bits per heavy atom. The van der Waals surface area contributed by atoms with Gasteiger partial charge in [0.1, 0.15) is 0 Å². The van der Waals surface area contributed by atoms with Gasteiger partial charge < -0.3 is 10.3 Å². The second-order valence-electron chi connectivity index (χ2n) is 5.48. The lowest BCUT2D eigenvalue weighted by Crippen LogP contribution is -2.17. The van der Waals surface area contributed by atoms with Crippen molar-refractivity contribution in [3.05, 3.63) is 36.2 Å². The van der Waals surface area contributed by atoms with Crippen LogP contribution < -0.4 is 5.73 Å². The maximum absolute atomic E-state index is 5.79. The summed E-state index contributed by atoms with van der Waals surface area (Å²) >= 11 is 0. The third-order valence-corrected chi connectivity index (χ3v) is 3.54. The summed E-state index contributed by atoms with van der Waals surface area (Å²) < 4.78 is 4.15. The summed E-state index contributed by atoms with van der Waals surface area (Å²) in [6, 6.07) is 2.73. The lowest BCUT2D eigenvalue weighted by atomic mass is 10.2. The van der Waals surface area contributed by atoms with E-state index in [-0.39, 0.29) is 6.04 Å². The molecule has 0 fully saturated rings. The number of nitrogens with zero attached hydrogens (tertiary/aromatic N) is 4. The highest BCUT2D eigenvalue weighted by molar-refractivity contribution is 5.04. The Bertz CT molecular complexity index is 522. The Hall–Kier alpha value is -1.62. The van der Waals surface area contributed by atoms with Crippen LogP contribution in [0.3, 0.4) is 0 Å². The van der Waals surface area contributed by atoms with E-state index in [2.05, 4.69) is 51.6 Å². The Labute approximate surface area is 120 Å². The van der Waals surface area contributed by atoms with Gasteiger partial charge in [-0.05, 0) is 25.8 Å². The molecule has 0 aliphatic heterocycles. The maximum Gasteiger partial charge on any atom is 0.0953 e. The van der Waals surface area contributed by atoms with Gasteiger partial charge in [-0.2, -0.15) is 5.10 Å². The van der Waals surface area contributed by atoms with Crippen LogP contribution in [0.2, 0.25) is 0 Å². The van der Waals surface area contributed by atoms with Crippen LogP contribution in [0, 0.1) is 0 Å². The third-order valence-electron chi connectivity index (χ3n) is 3.54. The van der Waals surface area contributed by atoms with Gasteiger partial charge in [-0.3, -0.25) is 4.68 Å². The quantitative estimate of drug-likeness (QED) is 0.844. The SMILES string of the molecule is CCC(CC)n1ccc(Cn2cnc(CC(C)N)c2)n1. The average Bonchev–Trinajstić information content (AvgIpc) is 3.01. The van der Waals surface area contributed by atoms with Crippen molar-refractivity contribution < 1.29 is 0 Å². The minimum absolute atomic E-state index is 0.146. The fraction of sp³-hybridized carbons (Fsp3) is 0.600. The van der Waals surface area contributed by atoms with Crippen molar-refractivity contribution in [3.63, 3.8) is 0 Å². The molecule has 0 aromatic carbocycles. The first-order valence-corrected chi connectivity index (χ1v) is 7.42. The summed E-state index contributed by atoms with van der Waals surface area (Å²) in [6.45, 7) is 7.16. The van der Waals surface area contributed by atoms with E-state index >= 15 is 0 Å². The van der Waals surface area contributed by atoms with Crippen molar-refractivity contribution in [2.75, 3.05) is 0 Å². The monoisotopic (exact) mass is 275 g/mol. The zero-order valence-corrected chi connectivity index (χ0v) is 12.7. The fourth-order valence-corrected chi connectivity index (χ4v) is 2.44. The van der Waals surface area contributed by atoms with Crippen molar-refractivity contribution in [1.29, 1.82) is 0 Å². The first kappa shape index (κ1) is 14.8. The molecule has 0 aliphatic rings.